The molecular formula is C14H24N4O2S. The number of aryl methyl sites for hydroxylation is 2. The molecule has 0 fully saturated rings. The monoisotopic (exact) mass is 312 g/mol. The van der Waals surface area contributed by atoms with Gasteiger partial charge in [-0.3, -0.25) is 4.68 Å². The van der Waals surface area contributed by atoms with Gasteiger partial charge in [0.05, 0.1) is 11.4 Å². The maximum absolute atomic E-state index is 12.8. The molecule has 0 unspecified atom stereocenters. The highest BCUT2D eigenvalue weighted by atomic mass is 32.2. The van der Waals surface area contributed by atoms with Crippen LogP contribution in [0.1, 0.15) is 31.2 Å². The lowest BCUT2D eigenvalue weighted by molar-refractivity contribution is 0.430. The molecule has 1 aliphatic heterocycles. The molecule has 0 saturated carbocycles. The van der Waals surface area contributed by atoms with Gasteiger partial charge < -0.3 is 5.73 Å². The first-order chi connectivity index (χ1) is 9.87. The van der Waals surface area contributed by atoms with E-state index in [0.29, 0.717) is 42.5 Å². The fraction of sp³-hybridized carbons (Fsp3) is 0.643. The molecule has 0 saturated heterocycles. The lowest BCUT2D eigenvalue weighted by atomic mass is 10.1. The maximum Gasteiger partial charge on any atom is 0.247 e. The van der Waals surface area contributed by atoms with Crippen LogP contribution in [0, 0.1) is 13.8 Å². The Morgan fingerprint density at radius 2 is 2.05 bits per heavy atom. The standard InChI is InChI=1S/C14H24N4O2S/c1-11-5-9-17(10-6-11)21(19,20)14-12(2)16-18(13(14)3)8-4-7-15/h5H,4,6-10,15H2,1-3H3. The lowest BCUT2D eigenvalue weighted by Crippen LogP contribution is -2.35. The van der Waals surface area contributed by atoms with Crippen LogP contribution in [0.4, 0.5) is 0 Å². The molecule has 2 heterocycles. The third kappa shape index (κ3) is 3.20. The average molecular weight is 312 g/mol. The molecule has 2 rings (SSSR count). The van der Waals surface area contributed by atoms with Crippen LogP contribution in [0.5, 0.6) is 0 Å². The molecule has 6 nitrogen and oxygen atoms in total. The van der Waals surface area contributed by atoms with Gasteiger partial charge in [0, 0.05) is 19.6 Å². The molecule has 0 aromatic carbocycles. The second-order valence-electron chi connectivity index (χ2n) is 5.53. The van der Waals surface area contributed by atoms with E-state index in [9.17, 15) is 8.42 Å². The highest BCUT2D eigenvalue weighted by molar-refractivity contribution is 7.89. The summed E-state index contributed by atoms with van der Waals surface area (Å²) in [7, 11) is -3.48. The highest BCUT2D eigenvalue weighted by Gasteiger charge is 2.31. The van der Waals surface area contributed by atoms with Gasteiger partial charge in [-0.1, -0.05) is 11.6 Å². The topological polar surface area (TPSA) is 81.2 Å². The number of aromatic nitrogens is 2. The second kappa shape index (κ2) is 6.29. The quantitative estimate of drug-likeness (QED) is 0.828. The van der Waals surface area contributed by atoms with Crippen LogP contribution in [0.25, 0.3) is 0 Å². The van der Waals surface area contributed by atoms with Crippen LogP contribution < -0.4 is 5.73 Å². The summed E-state index contributed by atoms with van der Waals surface area (Å²) >= 11 is 0. The zero-order valence-electron chi connectivity index (χ0n) is 13.0. The van der Waals surface area contributed by atoms with Gasteiger partial charge >= 0.3 is 0 Å². The molecule has 118 valence electrons. The van der Waals surface area contributed by atoms with Crippen molar-refractivity contribution in [2.24, 2.45) is 5.73 Å². The molecule has 7 heteroatoms. The number of nitrogens with two attached hydrogens (primary N) is 1. The van der Waals surface area contributed by atoms with Gasteiger partial charge in [0.1, 0.15) is 4.90 Å². The lowest BCUT2D eigenvalue weighted by Gasteiger charge is -2.24. The van der Waals surface area contributed by atoms with E-state index in [1.54, 1.807) is 11.6 Å². The van der Waals surface area contributed by atoms with Crippen molar-refractivity contribution in [1.29, 1.82) is 0 Å². The summed E-state index contributed by atoms with van der Waals surface area (Å²) in [5.74, 6) is 0. The average Bonchev–Trinajstić information content (AvgIpc) is 2.72. The van der Waals surface area contributed by atoms with E-state index >= 15 is 0 Å². The zero-order valence-corrected chi connectivity index (χ0v) is 13.8. The minimum Gasteiger partial charge on any atom is -0.330 e. The summed E-state index contributed by atoms with van der Waals surface area (Å²) in [6.07, 6.45) is 3.55. The van der Waals surface area contributed by atoms with E-state index in [4.69, 9.17) is 5.73 Å². The Morgan fingerprint density at radius 1 is 1.33 bits per heavy atom. The third-order valence-electron chi connectivity index (χ3n) is 3.89. The van der Waals surface area contributed by atoms with Crippen molar-refractivity contribution in [2.75, 3.05) is 19.6 Å². The molecule has 0 aliphatic carbocycles. The summed E-state index contributed by atoms with van der Waals surface area (Å²) in [6, 6.07) is 0. The number of rotatable bonds is 5. The van der Waals surface area contributed by atoms with E-state index in [0.717, 1.165) is 12.8 Å². The largest absolute Gasteiger partial charge is 0.330 e. The van der Waals surface area contributed by atoms with Gasteiger partial charge in [0.15, 0.2) is 0 Å². The predicted octanol–water partition coefficient (Wildman–Crippen LogP) is 1.19. The van der Waals surface area contributed by atoms with Gasteiger partial charge in [-0.2, -0.15) is 9.40 Å². The normalized spacial score (nSPS) is 17.0. The van der Waals surface area contributed by atoms with Crippen LogP contribution in [0.15, 0.2) is 16.5 Å². The van der Waals surface area contributed by atoms with Crippen LogP contribution in [0.3, 0.4) is 0 Å². The Balaban J connectivity index is 2.34. The first kappa shape index (κ1) is 16.2. The number of hydrogen-bond acceptors (Lipinski definition) is 4. The van der Waals surface area contributed by atoms with Gasteiger partial charge in [-0.25, -0.2) is 8.42 Å². The SMILES string of the molecule is CC1=CCN(S(=O)(=O)c2c(C)nn(CCCN)c2C)CC1. The molecule has 1 aromatic heterocycles. The molecule has 0 spiro atoms. The van der Waals surface area contributed by atoms with Crippen LogP contribution in [-0.2, 0) is 16.6 Å². The molecule has 1 aromatic rings. The van der Waals surface area contributed by atoms with E-state index < -0.39 is 10.0 Å². The van der Waals surface area contributed by atoms with Crippen molar-refractivity contribution in [2.45, 2.75) is 45.1 Å². The first-order valence-electron chi connectivity index (χ1n) is 7.27. The molecule has 0 bridgehead atoms. The van der Waals surface area contributed by atoms with Crippen molar-refractivity contribution in [3.05, 3.63) is 23.0 Å². The van der Waals surface area contributed by atoms with Gasteiger partial charge in [-0.15, -0.1) is 0 Å². The fourth-order valence-corrected chi connectivity index (χ4v) is 4.37. The number of hydrogen-bond donors (Lipinski definition) is 1. The molecule has 21 heavy (non-hydrogen) atoms. The molecule has 0 atom stereocenters. The maximum atomic E-state index is 12.8. The van der Waals surface area contributed by atoms with Crippen molar-refractivity contribution in [3.8, 4) is 0 Å². The first-order valence-corrected chi connectivity index (χ1v) is 8.71. The van der Waals surface area contributed by atoms with Crippen molar-refractivity contribution >= 4 is 10.0 Å². The summed E-state index contributed by atoms with van der Waals surface area (Å²) in [4.78, 5) is 0.354. The third-order valence-corrected chi connectivity index (χ3v) is 6.00. The van der Waals surface area contributed by atoms with E-state index in [1.807, 2.05) is 19.9 Å². The fourth-order valence-electron chi connectivity index (χ4n) is 2.61. The minimum atomic E-state index is -3.48. The second-order valence-corrected chi connectivity index (χ2v) is 7.40. The molecular weight excluding hydrogens is 288 g/mol. The minimum absolute atomic E-state index is 0.354. The summed E-state index contributed by atoms with van der Waals surface area (Å²) in [6.45, 7) is 7.80. The predicted molar refractivity (Wildman–Crippen MR) is 82.5 cm³/mol. The number of sulfonamides is 1. The highest BCUT2D eigenvalue weighted by Crippen LogP contribution is 2.25. The Kier molecular flexibility index (Phi) is 4.85. The zero-order chi connectivity index (χ0) is 15.6. The van der Waals surface area contributed by atoms with E-state index in [1.165, 1.54) is 9.88 Å². The summed E-state index contributed by atoms with van der Waals surface area (Å²) < 4.78 is 29.0. The smallest absolute Gasteiger partial charge is 0.247 e. The van der Waals surface area contributed by atoms with Gasteiger partial charge in [0.2, 0.25) is 10.0 Å². The van der Waals surface area contributed by atoms with Gasteiger partial charge in [-0.05, 0) is 40.2 Å². The van der Waals surface area contributed by atoms with Crippen LogP contribution >= 0.6 is 0 Å². The van der Waals surface area contributed by atoms with Crippen LogP contribution in [0.2, 0.25) is 0 Å². The Morgan fingerprint density at radius 3 is 2.62 bits per heavy atom. The molecule has 0 amide bonds. The van der Waals surface area contributed by atoms with E-state index in [2.05, 4.69) is 5.10 Å². The van der Waals surface area contributed by atoms with E-state index in [-0.39, 0.29) is 0 Å². The van der Waals surface area contributed by atoms with Crippen LogP contribution in [-0.4, -0.2) is 42.1 Å². The number of nitrogens with zero attached hydrogens (tertiary/aromatic N) is 3. The Bertz CT molecular complexity index is 646. The van der Waals surface area contributed by atoms with Crippen molar-refractivity contribution in [3.63, 3.8) is 0 Å². The molecule has 1 aliphatic rings. The van der Waals surface area contributed by atoms with Crippen molar-refractivity contribution < 1.29 is 8.42 Å². The summed E-state index contributed by atoms with van der Waals surface area (Å²) in [5.41, 5.74) is 8.02. The summed E-state index contributed by atoms with van der Waals surface area (Å²) in [5, 5.41) is 4.36. The van der Waals surface area contributed by atoms with Gasteiger partial charge in [0.25, 0.3) is 0 Å². The Labute approximate surface area is 126 Å². The van der Waals surface area contributed by atoms with Crippen molar-refractivity contribution in [1.82, 2.24) is 14.1 Å². The molecule has 2 N–H and O–H groups in total. The molecule has 0 radical (unpaired) electrons. The Hall–Kier alpha value is -1.18.